The molecule has 0 saturated carbocycles. The highest BCUT2D eigenvalue weighted by molar-refractivity contribution is 6.36. The molecule has 3 heterocycles. The average Bonchev–Trinajstić information content (AvgIpc) is 3.39. The Bertz CT molecular complexity index is 1270. The largest absolute Gasteiger partial charge is 0.397 e. The van der Waals surface area contributed by atoms with Crippen LogP contribution < -0.4 is 16.0 Å². The lowest BCUT2D eigenvalue weighted by Gasteiger charge is -2.25. The third-order valence-corrected chi connectivity index (χ3v) is 6.38. The highest BCUT2D eigenvalue weighted by Crippen LogP contribution is 2.36. The van der Waals surface area contributed by atoms with Crippen molar-refractivity contribution in [2.75, 3.05) is 49.7 Å². The molecule has 8 nitrogen and oxygen atoms in total. The topological polar surface area (TPSA) is 91.3 Å². The number of carbonyl (C=O) groups is 1. The minimum atomic E-state index is -0.541. The van der Waals surface area contributed by atoms with Crippen molar-refractivity contribution in [2.45, 2.75) is 26.3 Å². The van der Waals surface area contributed by atoms with Crippen molar-refractivity contribution in [1.29, 1.82) is 0 Å². The zero-order valence-corrected chi connectivity index (χ0v) is 20.5. The van der Waals surface area contributed by atoms with Crippen molar-refractivity contribution >= 4 is 46.4 Å². The van der Waals surface area contributed by atoms with Crippen LogP contribution in [0.25, 0.3) is 5.65 Å². The molecule has 2 aromatic heterocycles. The van der Waals surface area contributed by atoms with Gasteiger partial charge in [-0.3, -0.25) is 9.79 Å². The Morgan fingerprint density at radius 1 is 1.41 bits per heavy atom. The second kappa shape index (κ2) is 9.60. The maximum Gasteiger partial charge on any atom is 0.259 e. The number of nitrogens with one attached hydrogen (secondary N) is 1. The molecule has 3 N–H and O–H groups in total. The number of nitrogens with two attached hydrogens (primary N) is 1. The normalized spacial score (nSPS) is 16.3. The molecule has 3 aromatic rings. The van der Waals surface area contributed by atoms with Crippen LogP contribution in [0.5, 0.6) is 0 Å². The third kappa shape index (κ3) is 4.58. The number of halogens is 2. The first-order valence-electron chi connectivity index (χ1n) is 11.2. The molecule has 1 aromatic carbocycles. The average molecular weight is 486 g/mol. The molecule has 0 unspecified atom stereocenters. The minimum Gasteiger partial charge on any atom is -0.397 e. The van der Waals surface area contributed by atoms with E-state index in [1.165, 1.54) is 10.5 Å². The molecular formula is C24H29ClFN7O. The van der Waals surface area contributed by atoms with Gasteiger partial charge in [-0.25, -0.2) is 9.37 Å². The van der Waals surface area contributed by atoms with Crippen molar-refractivity contribution in [3.63, 3.8) is 0 Å². The predicted molar refractivity (Wildman–Crippen MR) is 136 cm³/mol. The van der Waals surface area contributed by atoms with Gasteiger partial charge in [-0.2, -0.15) is 0 Å². The Hall–Kier alpha value is -3.17. The van der Waals surface area contributed by atoms with Gasteiger partial charge < -0.3 is 25.3 Å². The van der Waals surface area contributed by atoms with Crippen LogP contribution in [0.2, 0.25) is 5.02 Å². The van der Waals surface area contributed by atoms with Crippen molar-refractivity contribution in [2.24, 2.45) is 4.99 Å². The summed E-state index contributed by atoms with van der Waals surface area (Å²) in [4.78, 5) is 26.1. The third-order valence-electron chi connectivity index (χ3n) is 6.09. The van der Waals surface area contributed by atoms with E-state index in [4.69, 9.17) is 17.3 Å². The van der Waals surface area contributed by atoms with Gasteiger partial charge in [0.25, 0.3) is 5.91 Å². The fraction of sp³-hybridized carbons (Fsp3) is 0.375. The van der Waals surface area contributed by atoms with E-state index in [0.717, 1.165) is 25.2 Å². The molecule has 1 amide bonds. The first kappa shape index (κ1) is 24.0. The summed E-state index contributed by atoms with van der Waals surface area (Å²) in [6.45, 7) is 5.95. The second-order valence-corrected chi connectivity index (χ2v) is 9.11. The summed E-state index contributed by atoms with van der Waals surface area (Å²) in [7, 11) is 4.13. The van der Waals surface area contributed by atoms with Gasteiger partial charge in [0.15, 0.2) is 11.5 Å². The quantitative estimate of drug-likeness (QED) is 0.409. The van der Waals surface area contributed by atoms with Crippen LogP contribution in [0.1, 0.15) is 35.0 Å². The van der Waals surface area contributed by atoms with E-state index < -0.39 is 11.7 Å². The van der Waals surface area contributed by atoms with E-state index in [1.807, 2.05) is 6.92 Å². The number of nitrogen functional groups attached to an aromatic ring is 1. The molecule has 0 spiro atoms. The second-order valence-electron chi connectivity index (χ2n) is 8.70. The Labute approximate surface area is 203 Å². The number of pyridine rings is 1. The molecule has 1 aliphatic rings. The number of hydrogen-bond donors (Lipinski definition) is 2. The summed E-state index contributed by atoms with van der Waals surface area (Å²) < 4.78 is 16.0. The minimum absolute atomic E-state index is 0.133. The van der Waals surface area contributed by atoms with Crippen LogP contribution in [0, 0.1) is 12.7 Å². The van der Waals surface area contributed by atoms with Gasteiger partial charge in [-0.1, -0.05) is 11.6 Å². The number of benzene rings is 1. The number of likely N-dealkylation sites (N-methyl/N-ethyl adjacent to an activating group) is 1. The van der Waals surface area contributed by atoms with Gasteiger partial charge in [0, 0.05) is 61.6 Å². The number of carbonyl (C=O) groups excluding carboxylic acids is 1. The molecule has 0 bridgehead atoms. The number of fused-ring (bicyclic) bond motifs is 1. The molecule has 1 aliphatic heterocycles. The fourth-order valence-corrected chi connectivity index (χ4v) is 4.60. The van der Waals surface area contributed by atoms with Crippen molar-refractivity contribution in [3.05, 3.63) is 52.2 Å². The van der Waals surface area contributed by atoms with Gasteiger partial charge in [-0.15, -0.1) is 0 Å². The zero-order valence-electron chi connectivity index (χ0n) is 19.8. The maximum absolute atomic E-state index is 14.5. The Kier molecular flexibility index (Phi) is 6.77. The standard InChI is InChI=1S/C24H29ClFN7O/c1-5-28-10-17-20(32-7-6-16(13-32)31(3)4)9-18(25)21(22(17)27)24(34)30-15-8-19(26)23-29-14(2)11-33(23)12-15/h8-12,16H,5-7,13,27H2,1-4H3,(H,30,34)/t16-/m1/s1. The van der Waals surface area contributed by atoms with Crippen LogP contribution in [0.15, 0.2) is 29.5 Å². The number of hydrogen-bond acceptors (Lipinski definition) is 6. The summed E-state index contributed by atoms with van der Waals surface area (Å²) in [5.74, 6) is -1.07. The zero-order chi connectivity index (χ0) is 24.6. The summed E-state index contributed by atoms with van der Waals surface area (Å²) in [6, 6.07) is 3.41. The van der Waals surface area contributed by atoms with Gasteiger partial charge in [0.1, 0.15) is 0 Å². The molecule has 1 atom stereocenters. The molecule has 1 saturated heterocycles. The number of anilines is 3. The van der Waals surface area contributed by atoms with Crippen LogP contribution >= 0.6 is 11.6 Å². The summed E-state index contributed by atoms with van der Waals surface area (Å²) in [6.07, 6.45) is 5.99. The Balaban J connectivity index is 1.70. The van der Waals surface area contributed by atoms with Gasteiger partial charge in [0.2, 0.25) is 0 Å². The molecule has 0 radical (unpaired) electrons. The van der Waals surface area contributed by atoms with Crippen LogP contribution in [0.3, 0.4) is 0 Å². The molecule has 10 heteroatoms. The summed E-state index contributed by atoms with van der Waals surface area (Å²) >= 11 is 6.60. The molecule has 4 rings (SSSR count). The number of aryl methyl sites for hydroxylation is 1. The number of amides is 1. The number of rotatable bonds is 6. The van der Waals surface area contributed by atoms with E-state index in [0.29, 0.717) is 23.8 Å². The van der Waals surface area contributed by atoms with Crippen LogP contribution in [0.4, 0.5) is 21.5 Å². The summed E-state index contributed by atoms with van der Waals surface area (Å²) in [5, 5.41) is 2.95. The van der Waals surface area contributed by atoms with E-state index in [9.17, 15) is 9.18 Å². The Morgan fingerprint density at radius 2 is 2.18 bits per heavy atom. The highest BCUT2D eigenvalue weighted by atomic mass is 35.5. The fourth-order valence-electron chi connectivity index (χ4n) is 4.31. The van der Waals surface area contributed by atoms with Crippen molar-refractivity contribution in [1.82, 2.24) is 14.3 Å². The smallest absolute Gasteiger partial charge is 0.259 e. The van der Waals surface area contributed by atoms with Gasteiger partial charge in [0.05, 0.1) is 27.7 Å². The molecule has 1 fully saturated rings. The first-order valence-corrected chi connectivity index (χ1v) is 11.6. The highest BCUT2D eigenvalue weighted by Gasteiger charge is 2.28. The lowest BCUT2D eigenvalue weighted by atomic mass is 10.0. The molecule has 0 aliphatic carbocycles. The lowest BCUT2D eigenvalue weighted by Crippen LogP contribution is -2.32. The van der Waals surface area contributed by atoms with Crippen molar-refractivity contribution in [3.8, 4) is 0 Å². The van der Waals surface area contributed by atoms with E-state index in [2.05, 4.69) is 39.2 Å². The monoisotopic (exact) mass is 485 g/mol. The maximum atomic E-state index is 14.5. The SMILES string of the molecule is CCN=Cc1c(N2CC[C@@H](N(C)C)C2)cc(Cl)c(C(=O)Nc2cc(F)c3nc(C)cn3c2)c1N. The number of imidazole rings is 1. The van der Waals surface area contributed by atoms with Gasteiger partial charge >= 0.3 is 0 Å². The van der Waals surface area contributed by atoms with Crippen LogP contribution in [-0.4, -0.2) is 66.2 Å². The Morgan fingerprint density at radius 3 is 2.85 bits per heavy atom. The predicted octanol–water partition coefficient (Wildman–Crippen LogP) is 3.85. The molecular weight excluding hydrogens is 457 g/mol. The molecule has 34 heavy (non-hydrogen) atoms. The van der Waals surface area contributed by atoms with Crippen LogP contribution in [-0.2, 0) is 0 Å². The number of aliphatic imine (C=N–C) groups is 1. The lowest BCUT2D eigenvalue weighted by molar-refractivity contribution is 0.102. The summed E-state index contributed by atoms with van der Waals surface area (Å²) in [5.41, 5.74) is 9.51. The van der Waals surface area contributed by atoms with E-state index in [-0.39, 0.29) is 27.6 Å². The number of nitrogens with zero attached hydrogens (tertiary/aromatic N) is 5. The van der Waals surface area contributed by atoms with E-state index in [1.54, 1.807) is 31.6 Å². The number of aromatic nitrogens is 2. The van der Waals surface area contributed by atoms with E-state index >= 15 is 0 Å². The van der Waals surface area contributed by atoms with Crippen molar-refractivity contribution < 1.29 is 9.18 Å². The first-order chi connectivity index (χ1) is 16.2. The van der Waals surface area contributed by atoms with Gasteiger partial charge in [-0.05, 0) is 40.4 Å². The molecule has 180 valence electrons.